The van der Waals surface area contributed by atoms with E-state index in [1.807, 2.05) is 24.3 Å². The molecule has 0 amide bonds. The number of hydrogen-bond acceptors (Lipinski definition) is 4. The summed E-state index contributed by atoms with van der Waals surface area (Å²) in [5, 5.41) is 0. The van der Waals surface area contributed by atoms with E-state index in [0.717, 1.165) is 24.5 Å². The third-order valence-electron chi connectivity index (χ3n) is 2.50. The molecule has 4 nitrogen and oxygen atoms in total. The summed E-state index contributed by atoms with van der Waals surface area (Å²) in [6.07, 6.45) is 0. The number of nitrogen functional groups attached to an aromatic ring is 1. The van der Waals surface area contributed by atoms with Crippen LogP contribution in [0.4, 0.5) is 5.69 Å². The summed E-state index contributed by atoms with van der Waals surface area (Å²) in [7, 11) is 0.808. The van der Waals surface area contributed by atoms with Gasteiger partial charge in [-0.25, -0.2) is 0 Å². The van der Waals surface area contributed by atoms with Gasteiger partial charge in [-0.15, -0.1) is 0 Å². The van der Waals surface area contributed by atoms with Gasteiger partial charge >= 0.3 is 6.92 Å². The van der Waals surface area contributed by atoms with Gasteiger partial charge in [-0.05, 0) is 17.7 Å². The van der Waals surface area contributed by atoms with Crippen molar-refractivity contribution in [3.63, 3.8) is 0 Å². The first kappa shape index (κ1) is 8.85. The second-order valence-corrected chi connectivity index (χ2v) is 3.81. The van der Waals surface area contributed by atoms with E-state index in [0.29, 0.717) is 6.54 Å². The first-order chi connectivity index (χ1) is 7.33. The molecule has 1 unspecified atom stereocenters. The van der Waals surface area contributed by atoms with E-state index in [1.54, 1.807) is 0 Å². The molecule has 2 aliphatic rings. The minimum atomic E-state index is 0.131. The molecular weight excluding hydrogens is 190 g/mol. The minimum Gasteiger partial charge on any atom is -0.545 e. The van der Waals surface area contributed by atoms with Crippen molar-refractivity contribution in [2.45, 2.75) is 12.4 Å². The number of anilines is 1. The Kier molecular flexibility index (Phi) is 1.95. The van der Waals surface area contributed by atoms with Crippen molar-refractivity contribution >= 4 is 25.9 Å². The van der Waals surface area contributed by atoms with E-state index in [2.05, 4.69) is 4.99 Å². The third kappa shape index (κ3) is 1.99. The number of hydrogen-bond donors (Lipinski definition) is 1. The average molecular weight is 200 g/mol. The fourth-order valence-electron chi connectivity index (χ4n) is 1.55. The molecule has 74 valence electrons. The quantitative estimate of drug-likeness (QED) is 0.423. The molecule has 2 N–H and O–H groups in total. The van der Waals surface area contributed by atoms with Crippen LogP contribution >= 0.6 is 0 Å². The zero-order valence-electron chi connectivity index (χ0n) is 8.22. The topological polar surface area (TPSA) is 63.4 Å². The number of aliphatic imine (C=N–C) groups is 1. The first-order valence-electron chi connectivity index (χ1n) is 5.00. The van der Waals surface area contributed by atoms with Crippen LogP contribution in [0.1, 0.15) is 5.56 Å². The normalized spacial score (nSPS) is 24.7. The molecule has 0 spiro atoms. The second-order valence-electron chi connectivity index (χ2n) is 3.81. The van der Waals surface area contributed by atoms with Gasteiger partial charge in [-0.1, -0.05) is 12.1 Å². The third-order valence-corrected chi connectivity index (χ3v) is 2.50. The second kappa shape index (κ2) is 3.31. The monoisotopic (exact) mass is 200 g/mol. The summed E-state index contributed by atoms with van der Waals surface area (Å²) < 4.78 is 10.4. The molecule has 2 fully saturated rings. The zero-order chi connectivity index (χ0) is 10.3. The number of benzene rings is 1. The molecule has 6 heteroatoms. The molecule has 1 atom stereocenters. The molecule has 0 radical (unpaired) electrons. The number of nitrogens with zero attached hydrogens (tertiary/aromatic N) is 1. The summed E-state index contributed by atoms with van der Waals surface area (Å²) >= 11 is 0. The van der Waals surface area contributed by atoms with Crippen molar-refractivity contribution in [1.82, 2.24) is 0 Å². The predicted molar refractivity (Wildman–Crippen MR) is 60.9 cm³/mol. The Morgan fingerprint density at radius 1 is 1.53 bits per heavy atom. The maximum absolute atomic E-state index is 5.67. The highest BCUT2D eigenvalue weighted by Gasteiger charge is 2.56. The Labute approximate surface area is 88.9 Å². The fraction of sp³-hybridized carbons (Fsp3) is 0.222. The number of nitrogens with two attached hydrogens (primary N) is 1. The lowest BCUT2D eigenvalue weighted by Gasteiger charge is -1.96. The lowest BCUT2D eigenvalue weighted by atomic mass is 9.65. The van der Waals surface area contributed by atoms with Crippen molar-refractivity contribution in [2.24, 2.45) is 4.99 Å². The highest BCUT2D eigenvalue weighted by molar-refractivity contribution is 7.04. The largest absolute Gasteiger partial charge is 0.545 e. The molecular formula is C9H10B2N2O2. The molecule has 0 aromatic heterocycles. The van der Waals surface area contributed by atoms with E-state index < -0.39 is 0 Å². The van der Waals surface area contributed by atoms with Crippen LogP contribution in [0.15, 0.2) is 29.3 Å². The Bertz CT molecular complexity index is 420. The maximum Gasteiger partial charge on any atom is 0.474 e. The lowest BCUT2D eigenvalue weighted by Crippen LogP contribution is -2.04. The molecule has 0 saturated carbocycles. The smallest absolute Gasteiger partial charge is 0.474 e. The molecule has 0 bridgehead atoms. The van der Waals surface area contributed by atoms with Gasteiger partial charge in [-0.2, -0.15) is 0 Å². The van der Waals surface area contributed by atoms with Gasteiger partial charge < -0.3 is 15.0 Å². The van der Waals surface area contributed by atoms with Crippen LogP contribution in [0.25, 0.3) is 0 Å². The van der Waals surface area contributed by atoms with Gasteiger partial charge in [0.15, 0.2) is 5.80 Å². The van der Waals surface area contributed by atoms with Crippen LogP contribution in [-0.2, 0) is 15.9 Å². The summed E-state index contributed by atoms with van der Waals surface area (Å²) in [5.74, 6) is 1.09. The Morgan fingerprint density at radius 3 is 3.13 bits per heavy atom. The molecule has 2 aliphatic heterocycles. The van der Waals surface area contributed by atoms with E-state index in [4.69, 9.17) is 15.0 Å². The van der Waals surface area contributed by atoms with Gasteiger partial charge in [0, 0.05) is 5.69 Å². The standard InChI is InChI=1S/C9H10B2N2O2/c12-7-3-1-2-6(4-7)5-13-9-11(15-9)8-10-14-8/h1-4,8,10H,5,12H2/b13-9+. The van der Waals surface area contributed by atoms with Gasteiger partial charge in [-0.3, -0.25) is 4.99 Å². The lowest BCUT2D eigenvalue weighted by molar-refractivity contribution is 0.513. The molecule has 15 heavy (non-hydrogen) atoms. The highest BCUT2D eigenvalue weighted by Crippen LogP contribution is 2.23. The van der Waals surface area contributed by atoms with Gasteiger partial charge in [0.1, 0.15) is 0 Å². The maximum atomic E-state index is 5.67. The molecule has 2 heterocycles. The van der Waals surface area contributed by atoms with Gasteiger partial charge in [0.25, 0.3) is 7.48 Å². The van der Waals surface area contributed by atoms with Crippen molar-refractivity contribution in [3.8, 4) is 0 Å². The van der Waals surface area contributed by atoms with Crippen molar-refractivity contribution in [3.05, 3.63) is 29.8 Å². The van der Waals surface area contributed by atoms with Crippen LogP contribution < -0.4 is 5.73 Å². The SMILES string of the molecule is Nc1cccc(C/N=C2/OB2C2BO2)c1. The zero-order valence-corrected chi connectivity index (χ0v) is 8.22. The van der Waals surface area contributed by atoms with Crippen LogP contribution in [0.3, 0.4) is 0 Å². The molecule has 1 aromatic carbocycles. The molecule has 1 aromatic rings. The van der Waals surface area contributed by atoms with Crippen LogP contribution in [0, 0.1) is 0 Å². The Hall–Kier alpha value is -1.42. The van der Waals surface area contributed by atoms with Crippen LogP contribution in [0.2, 0.25) is 0 Å². The van der Waals surface area contributed by atoms with Crippen LogP contribution in [-0.4, -0.2) is 26.1 Å². The first-order valence-corrected chi connectivity index (χ1v) is 5.00. The Balaban J connectivity index is 1.62. The molecule has 3 rings (SSSR count). The molecule has 2 saturated heterocycles. The summed E-state index contributed by atoms with van der Waals surface area (Å²) in [5.41, 5.74) is 7.54. The van der Waals surface area contributed by atoms with Crippen molar-refractivity contribution in [2.75, 3.05) is 5.73 Å². The Morgan fingerprint density at radius 2 is 2.40 bits per heavy atom. The van der Waals surface area contributed by atoms with Gasteiger partial charge in [0.05, 0.1) is 12.4 Å². The summed E-state index contributed by atoms with van der Waals surface area (Å²) in [6.45, 7) is 0.759. The van der Waals surface area contributed by atoms with E-state index in [1.165, 1.54) is 0 Å². The minimum absolute atomic E-state index is 0.131. The fourth-order valence-corrected chi connectivity index (χ4v) is 1.55. The van der Waals surface area contributed by atoms with Gasteiger partial charge in [0.2, 0.25) is 0 Å². The van der Waals surface area contributed by atoms with Crippen molar-refractivity contribution < 1.29 is 9.31 Å². The molecule has 0 aliphatic carbocycles. The summed E-state index contributed by atoms with van der Waals surface area (Å²) in [6, 6.07) is 7.73. The van der Waals surface area contributed by atoms with E-state index >= 15 is 0 Å². The van der Waals surface area contributed by atoms with Crippen LogP contribution in [0.5, 0.6) is 0 Å². The average Bonchev–Trinajstić information content (AvgIpc) is 3.08. The predicted octanol–water partition coefficient (Wildman–Crippen LogP) is -0.0248. The van der Waals surface area contributed by atoms with E-state index in [9.17, 15) is 0 Å². The summed E-state index contributed by atoms with van der Waals surface area (Å²) in [4.78, 5) is 4.35. The highest BCUT2D eigenvalue weighted by atomic mass is 16.6. The number of rotatable bonds is 3. The van der Waals surface area contributed by atoms with E-state index in [-0.39, 0.29) is 12.8 Å². The van der Waals surface area contributed by atoms with Crippen molar-refractivity contribution in [1.29, 1.82) is 0 Å².